The Morgan fingerprint density at radius 2 is 1.72 bits per heavy atom. The van der Waals surface area contributed by atoms with Gasteiger partial charge in [-0.3, -0.25) is 4.79 Å². The van der Waals surface area contributed by atoms with E-state index >= 15 is 0 Å². The van der Waals surface area contributed by atoms with Crippen LogP contribution in [0, 0.1) is 11.6 Å². The molecule has 0 saturated carbocycles. The van der Waals surface area contributed by atoms with E-state index in [2.05, 4.69) is 4.98 Å². The highest BCUT2D eigenvalue weighted by molar-refractivity contribution is 5.79. The first-order valence-corrected chi connectivity index (χ1v) is 7.35. The van der Waals surface area contributed by atoms with Crippen molar-refractivity contribution in [2.45, 2.75) is 0 Å². The summed E-state index contributed by atoms with van der Waals surface area (Å²) in [5.41, 5.74) is 0.293. The highest BCUT2D eigenvalue weighted by atomic mass is 19.2. The SMILES string of the molecule is COc1ccccc1Oc1nc(-c2cccc(F)c2F)ccc1C=O. The average molecular weight is 341 g/mol. The minimum absolute atomic E-state index is 0.0256. The molecule has 0 fully saturated rings. The van der Waals surface area contributed by atoms with Crippen LogP contribution in [-0.4, -0.2) is 18.4 Å². The zero-order valence-electron chi connectivity index (χ0n) is 13.2. The molecule has 2 aromatic carbocycles. The van der Waals surface area contributed by atoms with E-state index in [1.807, 2.05) is 0 Å². The molecule has 0 unspecified atom stereocenters. The summed E-state index contributed by atoms with van der Waals surface area (Å²) in [6.07, 6.45) is 0.573. The lowest BCUT2D eigenvalue weighted by atomic mass is 10.1. The van der Waals surface area contributed by atoms with Crippen LogP contribution in [0.1, 0.15) is 10.4 Å². The van der Waals surface area contributed by atoms with E-state index in [4.69, 9.17) is 9.47 Å². The molecular weight excluding hydrogens is 328 g/mol. The predicted octanol–water partition coefficient (Wildman–Crippen LogP) is 4.64. The quantitative estimate of drug-likeness (QED) is 0.634. The van der Waals surface area contributed by atoms with Crippen molar-refractivity contribution in [2.75, 3.05) is 7.11 Å². The molecule has 1 heterocycles. The lowest BCUT2D eigenvalue weighted by Gasteiger charge is -2.12. The molecule has 4 nitrogen and oxygen atoms in total. The Morgan fingerprint density at radius 3 is 2.44 bits per heavy atom. The highest BCUT2D eigenvalue weighted by Crippen LogP contribution is 2.33. The van der Waals surface area contributed by atoms with Gasteiger partial charge in [0, 0.05) is 5.56 Å². The number of halogens is 2. The summed E-state index contributed by atoms with van der Waals surface area (Å²) in [5.74, 6) is -1.23. The fourth-order valence-corrected chi connectivity index (χ4v) is 2.28. The summed E-state index contributed by atoms with van der Waals surface area (Å²) in [7, 11) is 1.48. The number of aldehydes is 1. The Labute approximate surface area is 142 Å². The number of nitrogens with zero attached hydrogens (tertiary/aromatic N) is 1. The number of aromatic nitrogens is 1. The molecule has 3 aromatic rings. The number of rotatable bonds is 5. The van der Waals surface area contributed by atoms with Gasteiger partial charge in [0.05, 0.1) is 18.4 Å². The first kappa shape index (κ1) is 16.6. The number of benzene rings is 2. The van der Waals surface area contributed by atoms with Crippen molar-refractivity contribution < 1.29 is 23.0 Å². The molecule has 0 radical (unpaired) electrons. The third-order valence-corrected chi connectivity index (χ3v) is 3.52. The molecule has 0 atom stereocenters. The van der Waals surface area contributed by atoms with Crippen LogP contribution in [0.25, 0.3) is 11.3 Å². The van der Waals surface area contributed by atoms with Crippen LogP contribution in [0.15, 0.2) is 54.6 Å². The first-order valence-electron chi connectivity index (χ1n) is 7.35. The van der Waals surface area contributed by atoms with Gasteiger partial charge in [-0.15, -0.1) is 0 Å². The van der Waals surface area contributed by atoms with Crippen LogP contribution < -0.4 is 9.47 Å². The Morgan fingerprint density at radius 1 is 0.960 bits per heavy atom. The van der Waals surface area contributed by atoms with E-state index in [9.17, 15) is 13.6 Å². The molecular formula is C19H13F2NO3. The van der Waals surface area contributed by atoms with Gasteiger partial charge in [0.2, 0.25) is 5.88 Å². The van der Waals surface area contributed by atoms with Crippen molar-refractivity contribution in [1.29, 1.82) is 0 Å². The Hall–Kier alpha value is -3.28. The van der Waals surface area contributed by atoms with Gasteiger partial charge in [-0.1, -0.05) is 18.2 Å². The molecule has 0 aliphatic rings. The van der Waals surface area contributed by atoms with Gasteiger partial charge in [-0.05, 0) is 36.4 Å². The van der Waals surface area contributed by atoms with Gasteiger partial charge in [0.1, 0.15) is 0 Å². The number of pyridine rings is 1. The van der Waals surface area contributed by atoms with Gasteiger partial charge in [0.25, 0.3) is 0 Å². The topological polar surface area (TPSA) is 48.4 Å². The van der Waals surface area contributed by atoms with Crippen molar-refractivity contribution >= 4 is 6.29 Å². The Kier molecular flexibility index (Phi) is 4.70. The van der Waals surface area contributed by atoms with Crippen LogP contribution >= 0.6 is 0 Å². The normalized spacial score (nSPS) is 10.4. The number of para-hydroxylation sites is 2. The summed E-state index contributed by atoms with van der Waals surface area (Å²) in [4.78, 5) is 15.4. The maximum atomic E-state index is 14.0. The molecule has 0 N–H and O–H groups in total. The number of carbonyl (C=O) groups is 1. The largest absolute Gasteiger partial charge is 0.493 e. The number of carbonyl (C=O) groups excluding carboxylic acids is 1. The molecule has 0 spiro atoms. The lowest BCUT2D eigenvalue weighted by molar-refractivity contribution is 0.112. The Bertz CT molecular complexity index is 928. The molecule has 25 heavy (non-hydrogen) atoms. The van der Waals surface area contributed by atoms with Crippen molar-refractivity contribution in [2.24, 2.45) is 0 Å². The first-order chi connectivity index (χ1) is 12.1. The zero-order chi connectivity index (χ0) is 17.8. The van der Waals surface area contributed by atoms with E-state index in [1.165, 1.54) is 31.4 Å². The predicted molar refractivity (Wildman–Crippen MR) is 88.0 cm³/mol. The van der Waals surface area contributed by atoms with E-state index in [0.29, 0.717) is 17.8 Å². The maximum Gasteiger partial charge on any atom is 0.230 e. The molecule has 126 valence electrons. The van der Waals surface area contributed by atoms with E-state index in [1.54, 1.807) is 24.3 Å². The van der Waals surface area contributed by atoms with Crippen molar-refractivity contribution in [3.63, 3.8) is 0 Å². The van der Waals surface area contributed by atoms with E-state index in [0.717, 1.165) is 6.07 Å². The van der Waals surface area contributed by atoms with Crippen LogP contribution in [-0.2, 0) is 0 Å². The molecule has 3 rings (SSSR count). The second kappa shape index (κ2) is 7.09. The average Bonchev–Trinajstić information content (AvgIpc) is 2.64. The minimum Gasteiger partial charge on any atom is -0.493 e. The minimum atomic E-state index is -1.02. The fourth-order valence-electron chi connectivity index (χ4n) is 2.28. The number of ether oxygens (including phenoxy) is 2. The molecule has 0 aliphatic heterocycles. The van der Waals surface area contributed by atoms with Gasteiger partial charge < -0.3 is 9.47 Å². The van der Waals surface area contributed by atoms with Crippen LogP contribution in [0.5, 0.6) is 17.4 Å². The van der Waals surface area contributed by atoms with Crippen LogP contribution in [0.2, 0.25) is 0 Å². The summed E-state index contributed by atoms with van der Waals surface area (Å²) in [6, 6.07) is 13.5. The second-order valence-corrected chi connectivity index (χ2v) is 5.06. The summed E-state index contributed by atoms with van der Waals surface area (Å²) in [5, 5.41) is 0. The Balaban J connectivity index is 2.07. The maximum absolute atomic E-state index is 14.0. The van der Waals surface area contributed by atoms with Crippen molar-refractivity contribution in [3.8, 4) is 28.6 Å². The van der Waals surface area contributed by atoms with Gasteiger partial charge in [-0.2, -0.15) is 0 Å². The number of hydrogen-bond donors (Lipinski definition) is 0. The van der Waals surface area contributed by atoms with Crippen LogP contribution in [0.4, 0.5) is 8.78 Å². The second-order valence-electron chi connectivity index (χ2n) is 5.06. The third-order valence-electron chi connectivity index (χ3n) is 3.52. The fraction of sp³-hybridized carbons (Fsp3) is 0.0526. The summed E-state index contributed by atoms with van der Waals surface area (Å²) >= 11 is 0. The van der Waals surface area contributed by atoms with Gasteiger partial charge >= 0.3 is 0 Å². The third kappa shape index (κ3) is 3.33. The summed E-state index contributed by atoms with van der Waals surface area (Å²) < 4.78 is 38.3. The van der Waals surface area contributed by atoms with Gasteiger partial charge in [-0.25, -0.2) is 13.8 Å². The molecule has 0 aliphatic carbocycles. The smallest absolute Gasteiger partial charge is 0.230 e. The molecule has 0 bridgehead atoms. The van der Waals surface area contributed by atoms with Gasteiger partial charge in [0.15, 0.2) is 29.4 Å². The van der Waals surface area contributed by atoms with Crippen molar-refractivity contribution in [3.05, 3.63) is 71.8 Å². The number of hydrogen-bond acceptors (Lipinski definition) is 4. The van der Waals surface area contributed by atoms with E-state index in [-0.39, 0.29) is 22.7 Å². The summed E-state index contributed by atoms with van der Waals surface area (Å²) in [6.45, 7) is 0. The van der Waals surface area contributed by atoms with Crippen molar-refractivity contribution in [1.82, 2.24) is 4.98 Å². The van der Waals surface area contributed by atoms with E-state index < -0.39 is 11.6 Å². The van der Waals surface area contributed by atoms with Crippen LogP contribution in [0.3, 0.4) is 0 Å². The number of methoxy groups -OCH3 is 1. The monoisotopic (exact) mass is 341 g/mol. The molecule has 0 saturated heterocycles. The highest BCUT2D eigenvalue weighted by Gasteiger charge is 2.15. The standard InChI is InChI=1S/C19H13F2NO3/c1-24-16-7-2-3-8-17(16)25-19-12(11-23)9-10-15(22-19)13-5-4-6-14(20)18(13)21/h2-11H,1H3. The molecule has 1 aromatic heterocycles. The molecule has 0 amide bonds. The molecule has 6 heteroatoms. The lowest BCUT2D eigenvalue weighted by Crippen LogP contribution is -1.99. The zero-order valence-corrected chi connectivity index (χ0v) is 13.2.